The summed E-state index contributed by atoms with van der Waals surface area (Å²) < 4.78 is 6.83. The van der Waals surface area contributed by atoms with Gasteiger partial charge >= 0.3 is 0 Å². The van der Waals surface area contributed by atoms with Gasteiger partial charge in [-0.25, -0.2) is 0 Å². The van der Waals surface area contributed by atoms with Gasteiger partial charge in [-0.3, -0.25) is 0 Å². The second-order valence-corrected chi connectivity index (χ2v) is 5.70. The zero-order chi connectivity index (χ0) is 14.0. The van der Waals surface area contributed by atoms with E-state index in [1.807, 2.05) is 44.2 Å². The zero-order valence-corrected chi connectivity index (χ0v) is 12.9. The first kappa shape index (κ1) is 14.1. The highest BCUT2D eigenvalue weighted by Crippen LogP contribution is 2.32. The smallest absolute Gasteiger partial charge is 0.133 e. The van der Waals surface area contributed by atoms with Crippen molar-refractivity contribution in [3.63, 3.8) is 0 Å². The van der Waals surface area contributed by atoms with Crippen LogP contribution < -0.4 is 4.74 Å². The summed E-state index contributed by atoms with van der Waals surface area (Å²) in [5, 5.41) is 9.82. The van der Waals surface area contributed by atoms with Crippen molar-refractivity contribution in [1.29, 1.82) is 0 Å². The van der Waals surface area contributed by atoms with Gasteiger partial charge in [-0.05, 0) is 62.2 Å². The summed E-state index contributed by atoms with van der Waals surface area (Å²) in [5.41, 5.74) is 3.09. The third-order valence-electron chi connectivity index (χ3n) is 2.84. The first-order valence-corrected chi connectivity index (χ1v) is 6.98. The van der Waals surface area contributed by atoms with Crippen LogP contribution in [0.1, 0.15) is 29.7 Å². The first-order chi connectivity index (χ1) is 8.95. The molecule has 2 aromatic rings. The highest BCUT2D eigenvalue weighted by atomic mass is 79.9. The summed E-state index contributed by atoms with van der Waals surface area (Å²) in [5.74, 6) is 1.48. The van der Waals surface area contributed by atoms with Gasteiger partial charge in [-0.15, -0.1) is 0 Å². The molecule has 0 saturated carbocycles. The van der Waals surface area contributed by atoms with Crippen LogP contribution >= 0.6 is 15.9 Å². The molecule has 0 bridgehead atoms. The van der Waals surface area contributed by atoms with Crippen molar-refractivity contribution >= 4 is 15.9 Å². The van der Waals surface area contributed by atoms with E-state index in [9.17, 15) is 5.11 Å². The van der Waals surface area contributed by atoms with Crippen molar-refractivity contribution in [2.75, 3.05) is 0 Å². The minimum Gasteiger partial charge on any atom is -0.457 e. The molecule has 0 aromatic heterocycles. The molecule has 1 atom stereocenters. The van der Waals surface area contributed by atoms with Crippen molar-refractivity contribution < 1.29 is 9.84 Å². The van der Waals surface area contributed by atoms with Gasteiger partial charge in [0, 0.05) is 10.0 Å². The Morgan fingerprint density at radius 1 is 1.05 bits per heavy atom. The number of halogens is 1. The number of aliphatic hydroxyl groups is 1. The summed E-state index contributed by atoms with van der Waals surface area (Å²) in [7, 11) is 0. The molecule has 2 rings (SSSR count). The van der Waals surface area contributed by atoms with Crippen molar-refractivity contribution in [1.82, 2.24) is 0 Å². The Kier molecular flexibility index (Phi) is 4.27. The van der Waals surface area contributed by atoms with E-state index in [1.165, 1.54) is 0 Å². The van der Waals surface area contributed by atoms with Crippen LogP contribution in [0, 0.1) is 13.8 Å². The topological polar surface area (TPSA) is 29.5 Å². The zero-order valence-electron chi connectivity index (χ0n) is 11.3. The molecule has 0 radical (unpaired) electrons. The quantitative estimate of drug-likeness (QED) is 0.870. The molecule has 0 fully saturated rings. The minimum atomic E-state index is -0.571. The molecule has 2 aromatic carbocycles. The van der Waals surface area contributed by atoms with E-state index in [0.29, 0.717) is 5.75 Å². The number of aliphatic hydroxyl groups excluding tert-OH is 1. The van der Waals surface area contributed by atoms with E-state index in [2.05, 4.69) is 22.0 Å². The van der Waals surface area contributed by atoms with Gasteiger partial charge in [-0.2, -0.15) is 0 Å². The number of rotatable bonds is 3. The van der Waals surface area contributed by atoms with Crippen molar-refractivity contribution in [2.24, 2.45) is 0 Å². The van der Waals surface area contributed by atoms with Gasteiger partial charge in [0.05, 0.1) is 6.10 Å². The Morgan fingerprint density at radius 3 is 2.26 bits per heavy atom. The molecule has 0 aliphatic rings. The maximum Gasteiger partial charge on any atom is 0.133 e. The highest BCUT2D eigenvalue weighted by molar-refractivity contribution is 9.10. The molecule has 0 aliphatic carbocycles. The Labute approximate surface area is 122 Å². The average molecular weight is 321 g/mol. The molecule has 2 nitrogen and oxygen atoms in total. The summed E-state index contributed by atoms with van der Waals surface area (Å²) in [6, 6.07) is 11.7. The predicted octanol–water partition coefficient (Wildman–Crippen LogP) is 4.91. The number of hydrogen-bond acceptors (Lipinski definition) is 2. The van der Waals surface area contributed by atoms with Crippen LogP contribution in [-0.4, -0.2) is 5.11 Å². The second kappa shape index (κ2) is 5.76. The van der Waals surface area contributed by atoms with Crippen LogP contribution in [0.2, 0.25) is 0 Å². The van der Waals surface area contributed by atoms with Crippen molar-refractivity contribution in [3.05, 3.63) is 57.6 Å². The standard InChI is InChI=1S/C16H17BrO2/c1-10-6-11(2)8-14(7-10)19-16-5-4-13(17)9-15(16)12(3)18/h4-9,12,18H,1-3H3. The molecule has 1 N–H and O–H groups in total. The SMILES string of the molecule is Cc1cc(C)cc(Oc2ccc(Br)cc2C(C)O)c1. The second-order valence-electron chi connectivity index (χ2n) is 4.78. The summed E-state index contributed by atoms with van der Waals surface area (Å²) >= 11 is 3.41. The van der Waals surface area contributed by atoms with Gasteiger partial charge in [0.15, 0.2) is 0 Å². The van der Waals surface area contributed by atoms with Crippen LogP contribution in [0.15, 0.2) is 40.9 Å². The number of benzene rings is 2. The maximum absolute atomic E-state index is 9.82. The fourth-order valence-electron chi connectivity index (χ4n) is 2.06. The molecule has 3 heteroatoms. The summed E-state index contributed by atoms with van der Waals surface area (Å²) in [6.45, 7) is 5.81. The van der Waals surface area contributed by atoms with Crippen LogP contribution in [-0.2, 0) is 0 Å². The monoisotopic (exact) mass is 320 g/mol. The molecule has 0 aliphatic heterocycles. The van der Waals surface area contributed by atoms with Gasteiger partial charge in [0.1, 0.15) is 11.5 Å². The molecule has 1 unspecified atom stereocenters. The molecular formula is C16H17BrO2. The molecule has 0 amide bonds. The Bertz CT molecular complexity index is 571. The van der Waals surface area contributed by atoms with Crippen LogP contribution in [0.4, 0.5) is 0 Å². The Balaban J connectivity index is 2.37. The van der Waals surface area contributed by atoms with E-state index in [0.717, 1.165) is 26.9 Å². The minimum absolute atomic E-state index is 0.571. The van der Waals surface area contributed by atoms with E-state index in [1.54, 1.807) is 6.92 Å². The van der Waals surface area contributed by atoms with Crippen LogP contribution in [0.5, 0.6) is 11.5 Å². The highest BCUT2D eigenvalue weighted by Gasteiger charge is 2.11. The Hall–Kier alpha value is -1.32. The molecule has 0 heterocycles. The predicted molar refractivity (Wildman–Crippen MR) is 80.8 cm³/mol. The van der Waals surface area contributed by atoms with Gasteiger partial charge in [-0.1, -0.05) is 22.0 Å². The van der Waals surface area contributed by atoms with E-state index in [-0.39, 0.29) is 0 Å². The summed E-state index contributed by atoms with van der Waals surface area (Å²) in [4.78, 5) is 0. The van der Waals surface area contributed by atoms with Crippen LogP contribution in [0.3, 0.4) is 0 Å². The lowest BCUT2D eigenvalue weighted by molar-refractivity contribution is 0.195. The fourth-order valence-corrected chi connectivity index (χ4v) is 2.44. The largest absolute Gasteiger partial charge is 0.457 e. The fraction of sp³-hybridized carbons (Fsp3) is 0.250. The third kappa shape index (κ3) is 3.58. The molecule has 19 heavy (non-hydrogen) atoms. The number of hydrogen-bond donors (Lipinski definition) is 1. The van der Waals surface area contributed by atoms with Crippen molar-refractivity contribution in [3.8, 4) is 11.5 Å². The van der Waals surface area contributed by atoms with E-state index < -0.39 is 6.10 Å². The van der Waals surface area contributed by atoms with E-state index in [4.69, 9.17) is 4.74 Å². The van der Waals surface area contributed by atoms with Crippen LogP contribution in [0.25, 0.3) is 0 Å². The van der Waals surface area contributed by atoms with Crippen molar-refractivity contribution in [2.45, 2.75) is 26.9 Å². The maximum atomic E-state index is 9.82. The first-order valence-electron chi connectivity index (χ1n) is 6.19. The normalized spacial score (nSPS) is 12.3. The number of ether oxygens (including phenoxy) is 1. The van der Waals surface area contributed by atoms with Gasteiger partial charge < -0.3 is 9.84 Å². The lowest BCUT2D eigenvalue weighted by atomic mass is 10.1. The molecule has 100 valence electrons. The van der Waals surface area contributed by atoms with Gasteiger partial charge in [0.2, 0.25) is 0 Å². The van der Waals surface area contributed by atoms with Gasteiger partial charge in [0.25, 0.3) is 0 Å². The third-order valence-corrected chi connectivity index (χ3v) is 3.34. The molecule has 0 saturated heterocycles. The molecular weight excluding hydrogens is 304 g/mol. The lowest BCUT2D eigenvalue weighted by Crippen LogP contribution is -1.96. The van der Waals surface area contributed by atoms with E-state index >= 15 is 0 Å². The molecule has 0 spiro atoms. The number of aryl methyl sites for hydroxylation is 2. The summed E-state index contributed by atoms with van der Waals surface area (Å²) in [6.07, 6.45) is -0.571. The Morgan fingerprint density at radius 2 is 1.68 bits per heavy atom. The average Bonchev–Trinajstić information content (AvgIpc) is 2.30. The lowest BCUT2D eigenvalue weighted by Gasteiger charge is -2.14.